The minimum absolute atomic E-state index is 0.180. The maximum Gasteiger partial charge on any atom is 0.124 e. The zero-order valence-corrected chi connectivity index (χ0v) is 18.2. The molecule has 0 fully saturated rings. The second-order valence-electron chi connectivity index (χ2n) is 7.92. The van der Waals surface area contributed by atoms with Gasteiger partial charge >= 0.3 is 0 Å². The van der Waals surface area contributed by atoms with Gasteiger partial charge in [0.25, 0.3) is 0 Å². The average molecular weight is 432 g/mol. The third-order valence-electron chi connectivity index (χ3n) is 5.87. The van der Waals surface area contributed by atoms with E-state index in [1.807, 2.05) is 12.1 Å². The van der Waals surface area contributed by atoms with Gasteiger partial charge in [0.15, 0.2) is 0 Å². The van der Waals surface area contributed by atoms with Gasteiger partial charge in [-0.3, -0.25) is 5.01 Å². The Morgan fingerprint density at radius 3 is 2.12 bits per heavy atom. The largest absolute Gasteiger partial charge is 0.257 e. The van der Waals surface area contributed by atoms with Crippen LogP contribution in [0.4, 0.5) is 5.69 Å². The molecule has 1 aliphatic heterocycles. The van der Waals surface area contributed by atoms with E-state index in [2.05, 4.69) is 102 Å². The van der Waals surface area contributed by atoms with Gasteiger partial charge in [-0.1, -0.05) is 72.8 Å². The van der Waals surface area contributed by atoms with Crippen molar-refractivity contribution in [1.82, 2.24) is 4.98 Å². The SMILES string of the molecule is c1ccc(C2=NN(c3ccc(-c4nc5ccccc5s4)cc3)C(c3ccccc3)C2)cc1. The van der Waals surface area contributed by atoms with E-state index in [1.165, 1.54) is 15.8 Å². The van der Waals surface area contributed by atoms with E-state index in [1.54, 1.807) is 11.3 Å². The van der Waals surface area contributed by atoms with E-state index < -0.39 is 0 Å². The summed E-state index contributed by atoms with van der Waals surface area (Å²) in [6, 6.07) is 38.2. The molecular weight excluding hydrogens is 410 g/mol. The third kappa shape index (κ3) is 3.49. The summed E-state index contributed by atoms with van der Waals surface area (Å²) in [5.41, 5.74) is 6.86. The Bertz CT molecular complexity index is 1360. The van der Waals surface area contributed by atoms with Crippen molar-refractivity contribution in [2.75, 3.05) is 5.01 Å². The molecule has 0 N–H and O–H groups in total. The fourth-order valence-electron chi connectivity index (χ4n) is 4.24. The fraction of sp³-hybridized carbons (Fsp3) is 0.0714. The maximum absolute atomic E-state index is 5.06. The van der Waals surface area contributed by atoms with Crippen molar-refractivity contribution >= 4 is 33.0 Å². The second-order valence-corrected chi connectivity index (χ2v) is 8.95. The molecule has 1 unspecified atom stereocenters. The minimum Gasteiger partial charge on any atom is -0.257 e. The molecule has 1 aliphatic rings. The number of aromatic nitrogens is 1. The van der Waals surface area contributed by atoms with Crippen LogP contribution in [0.5, 0.6) is 0 Å². The number of benzene rings is 4. The summed E-state index contributed by atoms with van der Waals surface area (Å²) in [6.07, 6.45) is 0.883. The number of hydrogen-bond acceptors (Lipinski definition) is 4. The predicted molar refractivity (Wildman–Crippen MR) is 134 cm³/mol. The Labute approximate surface area is 191 Å². The minimum atomic E-state index is 0.180. The summed E-state index contributed by atoms with van der Waals surface area (Å²) in [7, 11) is 0. The summed E-state index contributed by atoms with van der Waals surface area (Å²) < 4.78 is 1.22. The smallest absolute Gasteiger partial charge is 0.124 e. The fourth-order valence-corrected chi connectivity index (χ4v) is 5.21. The number of thiazole rings is 1. The molecule has 0 aliphatic carbocycles. The highest BCUT2D eigenvalue weighted by Gasteiger charge is 2.29. The van der Waals surface area contributed by atoms with Gasteiger partial charge in [0.1, 0.15) is 5.01 Å². The first-order chi connectivity index (χ1) is 15.8. The average Bonchev–Trinajstić information content (AvgIpc) is 3.50. The highest BCUT2D eigenvalue weighted by Crippen LogP contribution is 2.38. The lowest BCUT2D eigenvalue weighted by Crippen LogP contribution is -2.18. The van der Waals surface area contributed by atoms with Gasteiger partial charge in [0.2, 0.25) is 0 Å². The lowest BCUT2D eigenvalue weighted by Gasteiger charge is -2.24. The first-order valence-corrected chi connectivity index (χ1v) is 11.6. The van der Waals surface area contributed by atoms with Crippen LogP contribution in [0.3, 0.4) is 0 Å². The van der Waals surface area contributed by atoms with Gasteiger partial charge in [-0.15, -0.1) is 11.3 Å². The first kappa shape index (κ1) is 19.0. The van der Waals surface area contributed by atoms with Gasteiger partial charge in [0, 0.05) is 12.0 Å². The molecular formula is C28H21N3S. The Hall–Kier alpha value is -3.76. The van der Waals surface area contributed by atoms with Crippen molar-refractivity contribution in [3.8, 4) is 10.6 Å². The quantitative estimate of drug-likeness (QED) is 0.298. The Balaban J connectivity index is 1.36. The Morgan fingerprint density at radius 2 is 1.38 bits per heavy atom. The Kier molecular flexibility index (Phi) is 4.78. The zero-order valence-electron chi connectivity index (χ0n) is 17.4. The van der Waals surface area contributed by atoms with Crippen LogP contribution in [0.25, 0.3) is 20.8 Å². The molecule has 2 heterocycles. The molecule has 3 nitrogen and oxygen atoms in total. The van der Waals surface area contributed by atoms with Gasteiger partial charge in [-0.05, 0) is 47.5 Å². The van der Waals surface area contributed by atoms with Crippen molar-refractivity contribution in [2.45, 2.75) is 12.5 Å². The summed E-state index contributed by atoms with van der Waals surface area (Å²) >= 11 is 1.73. The van der Waals surface area contributed by atoms with E-state index in [9.17, 15) is 0 Å². The van der Waals surface area contributed by atoms with Gasteiger partial charge in [-0.2, -0.15) is 5.10 Å². The van der Waals surface area contributed by atoms with E-state index in [0.29, 0.717) is 0 Å². The molecule has 6 rings (SSSR count). The van der Waals surface area contributed by atoms with Crippen LogP contribution >= 0.6 is 11.3 Å². The molecule has 154 valence electrons. The molecule has 0 saturated carbocycles. The van der Waals surface area contributed by atoms with Crippen LogP contribution in [0.15, 0.2) is 114 Å². The summed E-state index contributed by atoms with van der Waals surface area (Å²) in [5.74, 6) is 0. The summed E-state index contributed by atoms with van der Waals surface area (Å²) in [5, 5.41) is 8.28. The van der Waals surface area contributed by atoms with E-state index in [-0.39, 0.29) is 6.04 Å². The molecule has 0 radical (unpaired) electrons. The molecule has 0 bridgehead atoms. The van der Waals surface area contributed by atoms with Gasteiger partial charge in [-0.25, -0.2) is 4.98 Å². The lowest BCUT2D eigenvalue weighted by atomic mass is 9.98. The molecule has 1 atom stereocenters. The molecule has 4 aromatic carbocycles. The van der Waals surface area contributed by atoms with Crippen LogP contribution in [0.2, 0.25) is 0 Å². The normalized spacial score (nSPS) is 15.8. The van der Waals surface area contributed by atoms with Crippen molar-refractivity contribution < 1.29 is 0 Å². The van der Waals surface area contributed by atoms with E-state index in [0.717, 1.165) is 33.9 Å². The topological polar surface area (TPSA) is 28.5 Å². The van der Waals surface area contributed by atoms with Gasteiger partial charge in [0.05, 0.1) is 27.7 Å². The first-order valence-electron chi connectivity index (χ1n) is 10.8. The molecule has 4 heteroatoms. The van der Waals surface area contributed by atoms with Crippen molar-refractivity contribution in [3.63, 3.8) is 0 Å². The number of anilines is 1. The zero-order chi connectivity index (χ0) is 21.3. The third-order valence-corrected chi connectivity index (χ3v) is 6.96. The molecule has 32 heavy (non-hydrogen) atoms. The maximum atomic E-state index is 5.06. The van der Waals surface area contributed by atoms with Crippen LogP contribution in [0, 0.1) is 0 Å². The van der Waals surface area contributed by atoms with Crippen LogP contribution in [0.1, 0.15) is 23.6 Å². The van der Waals surface area contributed by atoms with Crippen LogP contribution in [-0.4, -0.2) is 10.7 Å². The van der Waals surface area contributed by atoms with E-state index >= 15 is 0 Å². The summed E-state index contributed by atoms with van der Waals surface area (Å²) in [6.45, 7) is 0. The standard InChI is InChI=1S/C28H21N3S/c1-3-9-20(10-4-1)25-19-26(21-11-5-2-6-12-21)31(30-25)23-17-15-22(16-18-23)28-29-24-13-7-8-14-27(24)32-28/h1-18,26H,19H2. The number of nitrogens with zero attached hydrogens (tertiary/aromatic N) is 3. The van der Waals surface area contributed by atoms with Crippen molar-refractivity contribution in [2.24, 2.45) is 5.10 Å². The van der Waals surface area contributed by atoms with Crippen molar-refractivity contribution in [1.29, 1.82) is 0 Å². The number of para-hydroxylation sites is 1. The number of rotatable bonds is 4. The number of hydrazone groups is 1. The highest BCUT2D eigenvalue weighted by atomic mass is 32.1. The van der Waals surface area contributed by atoms with Crippen LogP contribution in [-0.2, 0) is 0 Å². The molecule has 0 amide bonds. The Morgan fingerprint density at radius 1 is 0.688 bits per heavy atom. The molecule has 0 spiro atoms. The summed E-state index contributed by atoms with van der Waals surface area (Å²) in [4.78, 5) is 4.80. The number of hydrogen-bond donors (Lipinski definition) is 0. The van der Waals surface area contributed by atoms with Crippen LogP contribution < -0.4 is 5.01 Å². The van der Waals surface area contributed by atoms with Crippen molar-refractivity contribution in [3.05, 3.63) is 120 Å². The molecule has 1 aromatic heterocycles. The van der Waals surface area contributed by atoms with Gasteiger partial charge < -0.3 is 0 Å². The number of fused-ring (bicyclic) bond motifs is 1. The predicted octanol–water partition coefficient (Wildman–Crippen LogP) is 7.32. The highest BCUT2D eigenvalue weighted by molar-refractivity contribution is 7.21. The molecule has 0 saturated heterocycles. The monoisotopic (exact) mass is 431 g/mol. The molecule has 5 aromatic rings. The second kappa shape index (κ2) is 8.06. The van der Waals surface area contributed by atoms with E-state index in [4.69, 9.17) is 10.1 Å². The lowest BCUT2D eigenvalue weighted by molar-refractivity contribution is 0.709.